The first-order valence-electron chi connectivity index (χ1n) is 10.7. The van der Waals surface area contributed by atoms with Crippen molar-refractivity contribution in [3.8, 4) is 0 Å². The number of aliphatic imine (C=N–C) groups is 2. The lowest BCUT2D eigenvalue weighted by molar-refractivity contribution is 0.122. The van der Waals surface area contributed by atoms with Crippen molar-refractivity contribution in [3.63, 3.8) is 0 Å². The van der Waals surface area contributed by atoms with E-state index in [9.17, 15) is 0 Å². The van der Waals surface area contributed by atoms with Crippen molar-refractivity contribution in [2.75, 3.05) is 36.5 Å². The fourth-order valence-electron chi connectivity index (χ4n) is 4.01. The van der Waals surface area contributed by atoms with Gasteiger partial charge < -0.3 is 31.3 Å². The van der Waals surface area contributed by atoms with Crippen LogP contribution in [0.1, 0.15) is 32.1 Å². The fourth-order valence-corrected chi connectivity index (χ4v) is 4.01. The summed E-state index contributed by atoms with van der Waals surface area (Å²) in [6.07, 6.45) is 7.69. The Morgan fingerprint density at radius 1 is 1.17 bits per heavy atom. The van der Waals surface area contributed by atoms with Crippen LogP contribution in [-0.2, 0) is 4.74 Å². The number of ether oxygens (including phenoxy) is 1. The van der Waals surface area contributed by atoms with E-state index in [4.69, 9.17) is 10.5 Å². The summed E-state index contributed by atoms with van der Waals surface area (Å²) < 4.78 is 5.42. The lowest BCUT2D eigenvalue weighted by atomic mass is 9.95. The molecule has 5 N–H and O–H groups in total. The first-order chi connectivity index (χ1) is 14.7. The van der Waals surface area contributed by atoms with Gasteiger partial charge in [-0.15, -0.1) is 0 Å². The van der Waals surface area contributed by atoms with Gasteiger partial charge in [0.05, 0.1) is 19.6 Å². The first-order valence-corrected chi connectivity index (χ1v) is 10.7. The highest BCUT2D eigenvalue weighted by atomic mass is 16.5. The molecule has 1 aliphatic carbocycles. The molecule has 30 heavy (non-hydrogen) atoms. The van der Waals surface area contributed by atoms with Crippen LogP contribution < -0.4 is 26.6 Å². The third kappa shape index (κ3) is 5.13. The molecule has 1 aromatic carbocycles. The Labute approximate surface area is 178 Å². The molecule has 8 nitrogen and oxygen atoms in total. The molecule has 1 aromatic rings. The zero-order chi connectivity index (χ0) is 20.8. The van der Waals surface area contributed by atoms with Crippen molar-refractivity contribution in [2.24, 2.45) is 15.7 Å². The Morgan fingerprint density at radius 3 is 2.63 bits per heavy atom. The second-order valence-corrected chi connectivity index (χ2v) is 7.82. The molecule has 1 saturated heterocycles. The molecule has 0 unspecified atom stereocenters. The van der Waals surface area contributed by atoms with E-state index in [0.717, 1.165) is 44.8 Å². The lowest BCUT2D eigenvalue weighted by Crippen LogP contribution is -2.36. The average molecular weight is 410 g/mol. The smallest absolute Gasteiger partial charge is 0.163 e. The largest absolute Gasteiger partial charge is 0.384 e. The molecule has 0 spiro atoms. The Morgan fingerprint density at radius 2 is 1.90 bits per heavy atom. The van der Waals surface area contributed by atoms with Gasteiger partial charge in [-0.05, 0) is 37.1 Å². The van der Waals surface area contributed by atoms with Crippen molar-refractivity contribution in [1.82, 2.24) is 10.6 Å². The Hall–Kier alpha value is -3.00. The summed E-state index contributed by atoms with van der Waals surface area (Å²) in [6, 6.07) is 8.68. The van der Waals surface area contributed by atoms with E-state index in [1.54, 1.807) is 6.34 Å². The van der Waals surface area contributed by atoms with Crippen LogP contribution in [0.2, 0.25) is 0 Å². The summed E-state index contributed by atoms with van der Waals surface area (Å²) in [4.78, 5) is 11.2. The number of nitrogens with zero attached hydrogens (tertiary/aromatic N) is 3. The standard InChI is InChI=1S/C22H31N7O/c1-16(26-18-7-9-19(10-8-18)29-11-13-30-14-12-29)27-22-20(24-15-25-22)21(23)28-17-5-3-2-4-6-17/h7-10,15,17,26,28H,1-6,11-14,23H2,(H,24,25,27)/b21-20-. The van der Waals surface area contributed by atoms with Gasteiger partial charge in [0, 0.05) is 30.5 Å². The monoisotopic (exact) mass is 409 g/mol. The highest BCUT2D eigenvalue weighted by molar-refractivity contribution is 6.09. The molecule has 160 valence electrons. The molecule has 3 aliphatic rings. The topological polar surface area (TPSA) is 99.3 Å². The van der Waals surface area contributed by atoms with E-state index < -0.39 is 0 Å². The minimum absolute atomic E-state index is 0.412. The quantitative estimate of drug-likeness (QED) is 0.576. The van der Waals surface area contributed by atoms with Crippen molar-refractivity contribution >= 4 is 23.5 Å². The van der Waals surface area contributed by atoms with E-state index in [1.807, 2.05) is 12.1 Å². The van der Waals surface area contributed by atoms with Crippen molar-refractivity contribution in [2.45, 2.75) is 38.1 Å². The summed E-state index contributed by atoms with van der Waals surface area (Å²) in [6.45, 7) is 7.42. The molecule has 1 saturated carbocycles. The van der Waals surface area contributed by atoms with Gasteiger partial charge in [0.15, 0.2) is 5.84 Å². The minimum atomic E-state index is 0.412. The third-order valence-electron chi connectivity index (χ3n) is 5.62. The summed E-state index contributed by atoms with van der Waals surface area (Å²) in [5, 5.41) is 9.70. The second-order valence-electron chi connectivity index (χ2n) is 7.82. The molecule has 2 heterocycles. The van der Waals surface area contributed by atoms with Crippen LogP contribution in [-0.4, -0.2) is 44.5 Å². The number of benzene rings is 1. The van der Waals surface area contributed by atoms with Crippen LogP contribution >= 0.6 is 0 Å². The molecule has 0 amide bonds. The number of morpholine rings is 1. The van der Waals surface area contributed by atoms with Gasteiger partial charge in [0.25, 0.3) is 0 Å². The fraction of sp³-hybridized carbons (Fsp3) is 0.455. The first kappa shape index (κ1) is 20.3. The summed E-state index contributed by atoms with van der Waals surface area (Å²) in [5.74, 6) is 1.67. The van der Waals surface area contributed by atoms with Gasteiger partial charge in [-0.25, -0.2) is 9.98 Å². The molecular formula is C22H31N7O. The van der Waals surface area contributed by atoms with Crippen LogP contribution in [0.25, 0.3) is 0 Å². The number of anilines is 2. The number of nitrogens with two attached hydrogens (primary N) is 1. The summed E-state index contributed by atoms with van der Waals surface area (Å²) in [7, 11) is 0. The molecule has 8 heteroatoms. The van der Waals surface area contributed by atoms with Gasteiger partial charge in [-0.2, -0.15) is 0 Å². The van der Waals surface area contributed by atoms with E-state index in [-0.39, 0.29) is 0 Å². The summed E-state index contributed by atoms with van der Waals surface area (Å²) >= 11 is 0. The number of rotatable bonds is 6. The van der Waals surface area contributed by atoms with Crippen molar-refractivity contribution in [1.29, 1.82) is 0 Å². The predicted octanol–water partition coefficient (Wildman–Crippen LogP) is 2.49. The predicted molar refractivity (Wildman–Crippen MR) is 123 cm³/mol. The van der Waals surface area contributed by atoms with Crippen LogP contribution in [0.15, 0.2) is 58.2 Å². The molecular weight excluding hydrogens is 378 g/mol. The van der Waals surface area contributed by atoms with E-state index >= 15 is 0 Å². The number of nitrogens with one attached hydrogen (secondary N) is 3. The Bertz CT molecular complexity index is 832. The Balaban J connectivity index is 1.37. The molecule has 0 bridgehead atoms. The van der Waals surface area contributed by atoms with Gasteiger partial charge >= 0.3 is 0 Å². The van der Waals surface area contributed by atoms with Crippen LogP contribution in [0.3, 0.4) is 0 Å². The number of hydrogen-bond donors (Lipinski definition) is 4. The minimum Gasteiger partial charge on any atom is -0.384 e. The summed E-state index contributed by atoms with van der Waals surface area (Å²) in [5.41, 5.74) is 9.04. The molecule has 2 aliphatic heterocycles. The maximum Gasteiger partial charge on any atom is 0.163 e. The van der Waals surface area contributed by atoms with Crippen LogP contribution in [0.5, 0.6) is 0 Å². The van der Waals surface area contributed by atoms with Gasteiger partial charge in [-0.3, -0.25) is 0 Å². The molecule has 0 aromatic heterocycles. The number of amidine groups is 1. The second kappa shape index (κ2) is 9.67. The normalized spacial score (nSPS) is 22.7. The maximum absolute atomic E-state index is 6.29. The van der Waals surface area contributed by atoms with E-state index in [2.05, 4.69) is 49.5 Å². The zero-order valence-electron chi connectivity index (χ0n) is 17.4. The SMILES string of the molecule is C=C(/N=C1/NC=N/C1=C(/N)NC1CCCCC1)Nc1ccc(N2CCOCC2)cc1. The zero-order valence-corrected chi connectivity index (χ0v) is 17.4. The molecule has 0 radical (unpaired) electrons. The molecule has 2 fully saturated rings. The van der Waals surface area contributed by atoms with E-state index in [1.165, 1.54) is 24.9 Å². The van der Waals surface area contributed by atoms with Gasteiger partial charge in [0.1, 0.15) is 17.3 Å². The third-order valence-corrected chi connectivity index (χ3v) is 5.62. The lowest BCUT2D eigenvalue weighted by Gasteiger charge is -2.28. The molecule has 0 atom stereocenters. The highest BCUT2D eigenvalue weighted by Crippen LogP contribution is 2.21. The van der Waals surface area contributed by atoms with Gasteiger partial charge in [-0.1, -0.05) is 25.8 Å². The van der Waals surface area contributed by atoms with Crippen molar-refractivity contribution in [3.05, 3.63) is 48.2 Å². The van der Waals surface area contributed by atoms with Crippen molar-refractivity contribution < 1.29 is 4.74 Å². The van der Waals surface area contributed by atoms with Crippen LogP contribution in [0, 0.1) is 0 Å². The maximum atomic E-state index is 6.29. The molecule has 4 rings (SSSR count). The van der Waals surface area contributed by atoms with Gasteiger partial charge in [0.2, 0.25) is 0 Å². The number of hydrogen-bond acceptors (Lipinski definition) is 7. The highest BCUT2D eigenvalue weighted by Gasteiger charge is 2.19. The van der Waals surface area contributed by atoms with Crippen LogP contribution in [0.4, 0.5) is 11.4 Å². The average Bonchev–Trinajstić information content (AvgIpc) is 3.24. The van der Waals surface area contributed by atoms with E-state index in [0.29, 0.717) is 29.2 Å². The Kier molecular flexibility index (Phi) is 6.53.